The summed E-state index contributed by atoms with van der Waals surface area (Å²) < 4.78 is 13.7. The highest BCUT2D eigenvalue weighted by Gasteiger charge is 2.20. The van der Waals surface area contributed by atoms with E-state index < -0.39 is 0 Å². The average Bonchev–Trinajstić information content (AvgIpc) is 2.31. The molecule has 1 aromatic rings. The number of aryl methyl sites for hydroxylation is 1. The van der Waals surface area contributed by atoms with Crippen molar-refractivity contribution in [2.75, 3.05) is 0 Å². The fourth-order valence-corrected chi connectivity index (χ4v) is 2.98. The Labute approximate surface area is 122 Å². The summed E-state index contributed by atoms with van der Waals surface area (Å²) in [7, 11) is 0. The summed E-state index contributed by atoms with van der Waals surface area (Å²) in [5.74, 6) is -0.140. The molecule has 1 aliphatic carbocycles. The smallest absolute Gasteiger partial charge is 0.123 e. The first-order chi connectivity index (χ1) is 9.54. The number of allylic oxidation sites excluding steroid dienone is 4. The van der Waals surface area contributed by atoms with E-state index in [1.807, 2.05) is 6.07 Å². The number of rotatable bonds is 4. The summed E-state index contributed by atoms with van der Waals surface area (Å²) in [5.41, 5.74) is 7.89. The molecule has 2 rings (SSSR count). The van der Waals surface area contributed by atoms with Crippen LogP contribution in [0, 0.1) is 12.7 Å². The molecule has 0 nitrogen and oxygen atoms in total. The zero-order valence-corrected chi connectivity index (χ0v) is 13.1. The second-order valence-corrected chi connectivity index (χ2v) is 6.02. The second kappa shape index (κ2) is 6.39. The zero-order chi connectivity index (χ0) is 14.7. The highest BCUT2D eigenvalue weighted by atomic mass is 19.1. The second-order valence-electron chi connectivity index (χ2n) is 6.02. The van der Waals surface area contributed by atoms with Crippen LogP contribution in [-0.2, 0) is 0 Å². The van der Waals surface area contributed by atoms with Crippen molar-refractivity contribution in [2.24, 2.45) is 0 Å². The molecule has 1 fully saturated rings. The van der Waals surface area contributed by atoms with E-state index in [9.17, 15) is 4.39 Å². The van der Waals surface area contributed by atoms with Gasteiger partial charge < -0.3 is 0 Å². The maximum absolute atomic E-state index is 13.7. The van der Waals surface area contributed by atoms with Crippen LogP contribution in [0.3, 0.4) is 0 Å². The minimum atomic E-state index is -0.140. The van der Waals surface area contributed by atoms with Crippen molar-refractivity contribution in [2.45, 2.75) is 59.8 Å². The molecule has 1 aromatic carbocycles. The molecule has 0 aliphatic heterocycles. The minimum absolute atomic E-state index is 0.140. The predicted octanol–water partition coefficient (Wildman–Crippen LogP) is 6.21. The summed E-state index contributed by atoms with van der Waals surface area (Å²) in [6, 6.07) is 5.15. The maximum atomic E-state index is 13.7. The molecule has 0 amide bonds. The van der Waals surface area contributed by atoms with Crippen LogP contribution in [-0.4, -0.2) is 0 Å². The van der Waals surface area contributed by atoms with E-state index in [1.165, 1.54) is 36.0 Å². The first kappa shape index (κ1) is 15.0. The van der Waals surface area contributed by atoms with E-state index in [0.29, 0.717) is 0 Å². The normalized spacial score (nSPS) is 13.9. The fourth-order valence-electron chi connectivity index (χ4n) is 2.98. The molecule has 1 heteroatoms. The lowest BCUT2D eigenvalue weighted by Crippen LogP contribution is -2.06. The largest absolute Gasteiger partial charge is 0.207 e. The molecule has 20 heavy (non-hydrogen) atoms. The van der Waals surface area contributed by atoms with Crippen molar-refractivity contribution in [3.63, 3.8) is 0 Å². The molecule has 0 saturated heterocycles. The van der Waals surface area contributed by atoms with Crippen LogP contribution in [0.4, 0.5) is 4.39 Å². The number of benzene rings is 1. The van der Waals surface area contributed by atoms with Gasteiger partial charge in [0.15, 0.2) is 0 Å². The van der Waals surface area contributed by atoms with Crippen molar-refractivity contribution >= 4 is 5.57 Å². The lowest BCUT2D eigenvalue weighted by Gasteiger charge is -2.26. The van der Waals surface area contributed by atoms with Gasteiger partial charge in [0.2, 0.25) is 0 Å². The van der Waals surface area contributed by atoms with Crippen LogP contribution >= 0.6 is 0 Å². The summed E-state index contributed by atoms with van der Waals surface area (Å²) in [6.07, 6.45) is 6.00. The molecule has 1 aliphatic rings. The van der Waals surface area contributed by atoms with Crippen LogP contribution < -0.4 is 0 Å². The van der Waals surface area contributed by atoms with E-state index in [0.717, 1.165) is 24.0 Å². The third kappa shape index (κ3) is 3.03. The van der Waals surface area contributed by atoms with Gasteiger partial charge in [0, 0.05) is 0 Å². The van der Waals surface area contributed by atoms with E-state index in [4.69, 9.17) is 0 Å². The fraction of sp³-hybridized carbons (Fsp3) is 0.474. The SMILES string of the molecule is CCCC(=C1CCC1)C(=C(C)C)c1cc(F)ccc1C. The average molecular weight is 272 g/mol. The van der Waals surface area contributed by atoms with Gasteiger partial charge in [0.05, 0.1) is 0 Å². The number of hydrogen-bond donors (Lipinski definition) is 0. The van der Waals surface area contributed by atoms with Crippen molar-refractivity contribution in [3.8, 4) is 0 Å². The van der Waals surface area contributed by atoms with Crippen molar-refractivity contribution in [1.29, 1.82) is 0 Å². The standard InChI is InChI=1S/C19H25F/c1-5-7-17(15-8-6-9-15)19(13(2)3)18-12-16(20)11-10-14(18)4/h10-12H,5-9H2,1-4H3. The molecular formula is C19H25F. The summed E-state index contributed by atoms with van der Waals surface area (Å²) >= 11 is 0. The molecule has 0 aromatic heterocycles. The van der Waals surface area contributed by atoms with Gasteiger partial charge in [0.1, 0.15) is 5.82 Å². The number of hydrogen-bond acceptors (Lipinski definition) is 0. The summed E-state index contributed by atoms with van der Waals surface area (Å²) in [4.78, 5) is 0. The summed E-state index contributed by atoms with van der Waals surface area (Å²) in [6.45, 7) is 8.59. The van der Waals surface area contributed by atoms with Crippen LogP contribution in [0.25, 0.3) is 5.57 Å². The molecule has 0 radical (unpaired) electrons. The van der Waals surface area contributed by atoms with Gasteiger partial charge in [-0.05, 0) is 80.9 Å². The van der Waals surface area contributed by atoms with Gasteiger partial charge in [0.25, 0.3) is 0 Å². The highest BCUT2D eigenvalue weighted by Crippen LogP contribution is 2.40. The van der Waals surface area contributed by atoms with Gasteiger partial charge in [-0.25, -0.2) is 4.39 Å². The zero-order valence-electron chi connectivity index (χ0n) is 13.1. The first-order valence-electron chi connectivity index (χ1n) is 7.69. The van der Waals surface area contributed by atoms with Gasteiger partial charge >= 0.3 is 0 Å². The Balaban J connectivity index is 2.57. The van der Waals surface area contributed by atoms with Gasteiger partial charge in [-0.1, -0.05) is 30.6 Å². The maximum Gasteiger partial charge on any atom is 0.123 e. The Morgan fingerprint density at radius 2 is 1.90 bits per heavy atom. The Morgan fingerprint density at radius 3 is 2.40 bits per heavy atom. The van der Waals surface area contributed by atoms with Crippen LogP contribution in [0.15, 0.2) is 34.9 Å². The minimum Gasteiger partial charge on any atom is -0.207 e. The van der Waals surface area contributed by atoms with E-state index >= 15 is 0 Å². The molecule has 0 atom stereocenters. The van der Waals surface area contributed by atoms with Crippen LogP contribution in [0.2, 0.25) is 0 Å². The topological polar surface area (TPSA) is 0 Å². The molecule has 108 valence electrons. The molecule has 0 unspecified atom stereocenters. The predicted molar refractivity (Wildman–Crippen MR) is 85.2 cm³/mol. The third-order valence-electron chi connectivity index (χ3n) is 4.15. The van der Waals surface area contributed by atoms with Crippen LogP contribution in [0.5, 0.6) is 0 Å². The molecule has 0 spiro atoms. The van der Waals surface area contributed by atoms with E-state index in [-0.39, 0.29) is 5.82 Å². The quantitative estimate of drug-likeness (QED) is 0.611. The van der Waals surface area contributed by atoms with Gasteiger partial charge in [-0.15, -0.1) is 0 Å². The Bertz CT molecular complexity index is 551. The Hall–Kier alpha value is -1.37. The molecule has 0 bridgehead atoms. The summed E-state index contributed by atoms with van der Waals surface area (Å²) in [5, 5.41) is 0. The van der Waals surface area contributed by atoms with Gasteiger partial charge in [-0.3, -0.25) is 0 Å². The Morgan fingerprint density at radius 1 is 1.20 bits per heavy atom. The molecular weight excluding hydrogens is 247 g/mol. The molecule has 0 heterocycles. The monoisotopic (exact) mass is 272 g/mol. The van der Waals surface area contributed by atoms with Crippen molar-refractivity contribution in [3.05, 3.63) is 51.9 Å². The Kier molecular flexibility index (Phi) is 4.80. The molecule has 1 saturated carbocycles. The first-order valence-corrected chi connectivity index (χ1v) is 7.69. The van der Waals surface area contributed by atoms with Crippen molar-refractivity contribution in [1.82, 2.24) is 0 Å². The lowest BCUT2D eigenvalue weighted by molar-refractivity contribution is 0.626. The third-order valence-corrected chi connectivity index (χ3v) is 4.15. The highest BCUT2D eigenvalue weighted by molar-refractivity contribution is 5.83. The number of halogens is 1. The van der Waals surface area contributed by atoms with Crippen LogP contribution in [0.1, 0.15) is 64.0 Å². The van der Waals surface area contributed by atoms with E-state index in [1.54, 1.807) is 17.7 Å². The van der Waals surface area contributed by atoms with Crippen molar-refractivity contribution < 1.29 is 4.39 Å². The molecule has 0 N–H and O–H groups in total. The lowest BCUT2D eigenvalue weighted by atomic mass is 9.79. The van der Waals surface area contributed by atoms with E-state index in [2.05, 4.69) is 27.7 Å². The van der Waals surface area contributed by atoms with Gasteiger partial charge in [-0.2, -0.15) is 0 Å².